The van der Waals surface area contributed by atoms with Gasteiger partial charge in [0.25, 0.3) is 0 Å². The molecule has 142 valence electrons. The summed E-state index contributed by atoms with van der Waals surface area (Å²) >= 11 is 1.22. The largest absolute Gasteiger partial charge is 0.337 e. The molecule has 2 amide bonds. The number of thiazole rings is 1. The lowest BCUT2D eigenvalue weighted by atomic mass is 10.3. The van der Waals surface area contributed by atoms with Gasteiger partial charge < -0.3 is 9.80 Å². The number of hydrogen-bond acceptors (Lipinski definition) is 5. The number of amides is 2. The van der Waals surface area contributed by atoms with E-state index in [-0.39, 0.29) is 17.5 Å². The summed E-state index contributed by atoms with van der Waals surface area (Å²) in [4.78, 5) is 33.9. The highest BCUT2D eigenvalue weighted by Crippen LogP contribution is 2.30. The van der Waals surface area contributed by atoms with Gasteiger partial charge in [-0.2, -0.15) is 0 Å². The van der Waals surface area contributed by atoms with Crippen molar-refractivity contribution in [3.63, 3.8) is 0 Å². The van der Waals surface area contributed by atoms with Crippen LogP contribution in [0, 0.1) is 5.82 Å². The SMILES string of the molecule is CC(=O)N(c1nc(/C=C/C(=O)N2CCN(C)CC2)cs1)c1ccccc1F. The Hall–Kier alpha value is -2.58. The molecule has 1 aliphatic heterocycles. The molecule has 0 unspecified atom stereocenters. The maximum atomic E-state index is 14.1. The fourth-order valence-electron chi connectivity index (χ4n) is 2.78. The minimum Gasteiger partial charge on any atom is -0.337 e. The van der Waals surface area contributed by atoms with Crippen LogP contribution in [-0.4, -0.2) is 59.8 Å². The first-order chi connectivity index (χ1) is 13.0. The Labute approximate surface area is 161 Å². The number of likely N-dealkylation sites (N-methyl/N-ethyl adjacent to an activating group) is 1. The molecule has 0 radical (unpaired) electrons. The summed E-state index contributed by atoms with van der Waals surface area (Å²) in [6.07, 6.45) is 3.12. The molecular weight excluding hydrogens is 367 g/mol. The van der Waals surface area contributed by atoms with Crippen LogP contribution < -0.4 is 4.90 Å². The van der Waals surface area contributed by atoms with Crippen molar-refractivity contribution in [3.8, 4) is 0 Å². The first-order valence-electron chi connectivity index (χ1n) is 8.62. The predicted molar refractivity (Wildman–Crippen MR) is 104 cm³/mol. The van der Waals surface area contributed by atoms with Crippen LogP contribution in [0.15, 0.2) is 35.7 Å². The molecule has 2 aromatic rings. The highest BCUT2D eigenvalue weighted by atomic mass is 32.1. The van der Waals surface area contributed by atoms with E-state index in [1.54, 1.807) is 28.5 Å². The predicted octanol–water partition coefficient (Wildman–Crippen LogP) is 2.75. The van der Waals surface area contributed by atoms with Gasteiger partial charge >= 0.3 is 0 Å². The zero-order valence-electron chi connectivity index (χ0n) is 15.3. The number of anilines is 2. The number of para-hydroxylation sites is 1. The van der Waals surface area contributed by atoms with E-state index in [1.165, 1.54) is 41.4 Å². The van der Waals surface area contributed by atoms with E-state index in [1.807, 2.05) is 7.05 Å². The Bertz CT molecular complexity index is 859. The van der Waals surface area contributed by atoms with Gasteiger partial charge in [0.15, 0.2) is 5.13 Å². The van der Waals surface area contributed by atoms with Crippen LogP contribution in [0.3, 0.4) is 0 Å². The van der Waals surface area contributed by atoms with E-state index >= 15 is 0 Å². The van der Waals surface area contributed by atoms with Gasteiger partial charge in [0.1, 0.15) is 5.82 Å². The zero-order chi connectivity index (χ0) is 19.4. The van der Waals surface area contributed by atoms with Crippen LogP contribution in [0.25, 0.3) is 6.08 Å². The molecule has 3 rings (SSSR count). The number of carbonyl (C=O) groups excluding carboxylic acids is 2. The quantitative estimate of drug-likeness (QED) is 0.756. The van der Waals surface area contributed by atoms with Gasteiger partial charge in [-0.15, -0.1) is 11.3 Å². The van der Waals surface area contributed by atoms with E-state index in [9.17, 15) is 14.0 Å². The maximum Gasteiger partial charge on any atom is 0.246 e. The zero-order valence-corrected chi connectivity index (χ0v) is 16.1. The standard InChI is InChI=1S/C19H21FN4O2S/c1-14(25)24(17-6-4-3-5-16(17)20)19-21-15(13-27-19)7-8-18(26)23-11-9-22(2)10-12-23/h3-8,13H,9-12H2,1-2H3/b8-7+. The topological polar surface area (TPSA) is 56.8 Å². The fraction of sp³-hybridized carbons (Fsp3) is 0.316. The van der Waals surface area contributed by atoms with Crippen molar-refractivity contribution in [2.45, 2.75) is 6.92 Å². The molecule has 2 heterocycles. The van der Waals surface area contributed by atoms with Gasteiger partial charge in [-0.1, -0.05) is 12.1 Å². The van der Waals surface area contributed by atoms with Gasteiger partial charge in [-0.3, -0.25) is 14.5 Å². The molecule has 1 fully saturated rings. The molecule has 0 spiro atoms. The van der Waals surface area contributed by atoms with Crippen LogP contribution in [0.1, 0.15) is 12.6 Å². The lowest BCUT2D eigenvalue weighted by Gasteiger charge is -2.31. The third kappa shape index (κ3) is 4.58. The molecule has 0 saturated carbocycles. The molecule has 1 aromatic heterocycles. The minimum atomic E-state index is -0.495. The molecule has 6 nitrogen and oxygen atoms in total. The molecule has 27 heavy (non-hydrogen) atoms. The number of halogens is 1. The Morgan fingerprint density at radius 3 is 2.59 bits per heavy atom. The normalized spacial score (nSPS) is 15.3. The molecule has 0 N–H and O–H groups in total. The number of hydrogen-bond donors (Lipinski definition) is 0. The molecule has 0 atom stereocenters. The fourth-order valence-corrected chi connectivity index (χ4v) is 3.63. The van der Waals surface area contributed by atoms with Gasteiger partial charge in [0.2, 0.25) is 11.8 Å². The first-order valence-corrected chi connectivity index (χ1v) is 9.50. The second-order valence-electron chi connectivity index (χ2n) is 6.32. The monoisotopic (exact) mass is 388 g/mol. The second-order valence-corrected chi connectivity index (χ2v) is 7.16. The van der Waals surface area contributed by atoms with E-state index in [0.717, 1.165) is 13.1 Å². The maximum absolute atomic E-state index is 14.1. The van der Waals surface area contributed by atoms with Gasteiger partial charge in [-0.25, -0.2) is 9.37 Å². The number of nitrogens with zero attached hydrogens (tertiary/aromatic N) is 4. The highest BCUT2D eigenvalue weighted by molar-refractivity contribution is 7.14. The number of benzene rings is 1. The Morgan fingerprint density at radius 2 is 1.93 bits per heavy atom. The van der Waals surface area contributed by atoms with Crippen LogP contribution >= 0.6 is 11.3 Å². The molecule has 1 saturated heterocycles. The van der Waals surface area contributed by atoms with Crippen molar-refractivity contribution < 1.29 is 14.0 Å². The van der Waals surface area contributed by atoms with Crippen molar-refractivity contribution in [1.82, 2.24) is 14.8 Å². The summed E-state index contributed by atoms with van der Waals surface area (Å²) in [5, 5.41) is 2.10. The summed E-state index contributed by atoms with van der Waals surface area (Å²) in [6.45, 7) is 4.48. The second kappa shape index (κ2) is 8.41. The number of rotatable bonds is 4. The van der Waals surface area contributed by atoms with E-state index < -0.39 is 5.82 Å². The summed E-state index contributed by atoms with van der Waals surface area (Å²) < 4.78 is 14.1. The van der Waals surface area contributed by atoms with Gasteiger partial charge in [0.05, 0.1) is 11.4 Å². The molecule has 1 aromatic carbocycles. The summed E-state index contributed by atoms with van der Waals surface area (Å²) in [6, 6.07) is 6.06. The summed E-state index contributed by atoms with van der Waals surface area (Å²) in [5.74, 6) is -0.890. The smallest absolute Gasteiger partial charge is 0.246 e. The first kappa shape index (κ1) is 19.2. The van der Waals surface area contributed by atoms with E-state index in [2.05, 4.69) is 9.88 Å². The van der Waals surface area contributed by atoms with Crippen molar-refractivity contribution in [1.29, 1.82) is 0 Å². The molecular formula is C19H21FN4O2S. The van der Waals surface area contributed by atoms with Crippen LogP contribution in [0.4, 0.5) is 15.2 Å². The highest BCUT2D eigenvalue weighted by Gasteiger charge is 2.21. The van der Waals surface area contributed by atoms with Crippen molar-refractivity contribution >= 4 is 40.0 Å². The van der Waals surface area contributed by atoms with Crippen LogP contribution in [0.2, 0.25) is 0 Å². The van der Waals surface area contributed by atoms with Crippen LogP contribution in [-0.2, 0) is 9.59 Å². The number of piperazine rings is 1. The van der Waals surface area contributed by atoms with Crippen molar-refractivity contribution in [2.75, 3.05) is 38.1 Å². The van der Waals surface area contributed by atoms with Gasteiger partial charge in [0, 0.05) is 44.6 Å². The van der Waals surface area contributed by atoms with E-state index in [4.69, 9.17) is 0 Å². The molecule has 8 heteroatoms. The summed E-state index contributed by atoms with van der Waals surface area (Å²) in [5.41, 5.74) is 0.712. The third-order valence-electron chi connectivity index (χ3n) is 4.32. The molecule has 0 bridgehead atoms. The average Bonchev–Trinajstić information content (AvgIpc) is 3.10. The van der Waals surface area contributed by atoms with E-state index in [0.29, 0.717) is 23.9 Å². The average molecular weight is 388 g/mol. The number of aromatic nitrogens is 1. The Morgan fingerprint density at radius 1 is 1.22 bits per heavy atom. The van der Waals surface area contributed by atoms with Crippen molar-refractivity contribution in [3.05, 3.63) is 47.2 Å². The third-order valence-corrected chi connectivity index (χ3v) is 5.17. The Kier molecular flexibility index (Phi) is 5.98. The summed E-state index contributed by atoms with van der Waals surface area (Å²) in [7, 11) is 2.03. The molecule has 1 aliphatic rings. The van der Waals surface area contributed by atoms with Gasteiger partial charge in [-0.05, 0) is 25.3 Å². The minimum absolute atomic E-state index is 0.0600. The van der Waals surface area contributed by atoms with Crippen molar-refractivity contribution in [2.24, 2.45) is 0 Å². The molecule has 0 aliphatic carbocycles. The number of carbonyl (C=O) groups is 2. The van der Waals surface area contributed by atoms with Crippen LogP contribution in [0.5, 0.6) is 0 Å². The lowest BCUT2D eigenvalue weighted by Crippen LogP contribution is -2.46. The Balaban J connectivity index is 1.74. The lowest BCUT2D eigenvalue weighted by molar-refractivity contribution is -0.127.